The molecule has 0 fully saturated rings. The summed E-state index contributed by atoms with van der Waals surface area (Å²) in [5.41, 5.74) is 4.49. The molecule has 6 rings (SSSR count). The first kappa shape index (κ1) is 19.1. The standard InChI is InChI=1S/C23H17NO.C4H4N2/c25-23-7-3-6-18-20(23)9-8-19-16-4-1-2-5-17(16)21(14-22(18)19)15-10-12-24-13-11-15;1-2-6-4-3-5-1/h1-2,4-5,8-14H,3,6-7H2;1-4H. The third kappa shape index (κ3) is 3.68. The molecule has 0 saturated carbocycles. The molecule has 0 atom stereocenters. The fourth-order valence-electron chi connectivity index (χ4n) is 4.35. The third-order valence-electron chi connectivity index (χ3n) is 5.75. The molecule has 0 spiro atoms. The molecule has 150 valence electrons. The van der Waals surface area contributed by atoms with Crippen LogP contribution in [-0.2, 0) is 6.42 Å². The van der Waals surface area contributed by atoms with Crippen molar-refractivity contribution in [2.24, 2.45) is 0 Å². The van der Waals surface area contributed by atoms with Crippen LogP contribution in [-0.4, -0.2) is 20.7 Å². The summed E-state index contributed by atoms with van der Waals surface area (Å²) in [4.78, 5) is 23.9. The van der Waals surface area contributed by atoms with Gasteiger partial charge in [0.05, 0.1) is 0 Å². The van der Waals surface area contributed by atoms with E-state index < -0.39 is 0 Å². The number of aromatic nitrogens is 3. The summed E-state index contributed by atoms with van der Waals surface area (Å²) in [6.45, 7) is 0. The number of nitrogens with zero attached hydrogens (tertiary/aromatic N) is 3. The second kappa shape index (κ2) is 8.44. The van der Waals surface area contributed by atoms with Crippen molar-refractivity contribution in [1.82, 2.24) is 15.0 Å². The second-order valence-electron chi connectivity index (χ2n) is 7.56. The van der Waals surface area contributed by atoms with Gasteiger partial charge in [0.25, 0.3) is 0 Å². The van der Waals surface area contributed by atoms with E-state index in [9.17, 15) is 4.79 Å². The molecule has 0 amide bonds. The maximum Gasteiger partial charge on any atom is 0.163 e. The van der Waals surface area contributed by atoms with Crippen LogP contribution in [0.3, 0.4) is 0 Å². The number of carbonyl (C=O) groups excluding carboxylic acids is 1. The van der Waals surface area contributed by atoms with Crippen molar-refractivity contribution < 1.29 is 4.79 Å². The summed E-state index contributed by atoms with van der Waals surface area (Å²) >= 11 is 0. The molecule has 3 aromatic carbocycles. The maximum atomic E-state index is 12.3. The van der Waals surface area contributed by atoms with Gasteiger partial charge < -0.3 is 0 Å². The van der Waals surface area contributed by atoms with E-state index in [1.54, 1.807) is 24.8 Å². The van der Waals surface area contributed by atoms with Crippen molar-refractivity contribution in [3.05, 3.63) is 103 Å². The summed E-state index contributed by atoms with van der Waals surface area (Å²) in [5, 5.41) is 4.94. The highest BCUT2D eigenvalue weighted by molar-refractivity contribution is 6.16. The van der Waals surface area contributed by atoms with E-state index in [0.29, 0.717) is 6.42 Å². The number of Topliss-reactive ketones (excluding diaryl/α,β-unsaturated/α-hetero) is 1. The smallest absolute Gasteiger partial charge is 0.163 e. The van der Waals surface area contributed by atoms with Gasteiger partial charge in [0, 0.05) is 49.2 Å². The number of ketones is 1. The Kier molecular flexibility index (Phi) is 5.19. The topological polar surface area (TPSA) is 55.7 Å². The lowest BCUT2D eigenvalue weighted by Crippen LogP contribution is -2.11. The van der Waals surface area contributed by atoms with E-state index in [-0.39, 0.29) is 5.78 Å². The van der Waals surface area contributed by atoms with Crippen LogP contribution < -0.4 is 0 Å². The predicted octanol–water partition coefficient (Wildman–Crippen LogP) is 6.05. The second-order valence-corrected chi connectivity index (χ2v) is 7.56. The van der Waals surface area contributed by atoms with Crippen LogP contribution >= 0.6 is 0 Å². The van der Waals surface area contributed by atoms with Crippen LogP contribution in [0.1, 0.15) is 28.8 Å². The summed E-state index contributed by atoms with van der Waals surface area (Å²) in [6, 6.07) is 19.0. The molecule has 0 unspecified atom stereocenters. The number of fused-ring (bicyclic) bond motifs is 5. The molecule has 0 aliphatic heterocycles. The molecule has 4 heteroatoms. The van der Waals surface area contributed by atoms with Gasteiger partial charge in [-0.25, -0.2) is 0 Å². The number of hydrogen-bond acceptors (Lipinski definition) is 4. The number of hydrogen-bond donors (Lipinski definition) is 0. The molecule has 0 N–H and O–H groups in total. The molecule has 5 aromatic rings. The average Bonchev–Trinajstić information content (AvgIpc) is 2.85. The minimum Gasteiger partial charge on any atom is -0.294 e. The Bertz CT molecular complexity index is 1340. The lowest BCUT2D eigenvalue weighted by Gasteiger charge is -2.19. The van der Waals surface area contributed by atoms with Gasteiger partial charge in [-0.1, -0.05) is 36.4 Å². The first-order valence-electron chi connectivity index (χ1n) is 10.4. The number of carbonyl (C=O) groups is 1. The van der Waals surface area contributed by atoms with E-state index in [2.05, 4.69) is 51.4 Å². The van der Waals surface area contributed by atoms with Gasteiger partial charge in [0.1, 0.15) is 0 Å². The summed E-state index contributed by atoms with van der Waals surface area (Å²) < 4.78 is 0. The molecule has 0 radical (unpaired) electrons. The van der Waals surface area contributed by atoms with E-state index in [4.69, 9.17) is 0 Å². The van der Waals surface area contributed by atoms with Gasteiger partial charge in [-0.15, -0.1) is 0 Å². The first-order chi connectivity index (χ1) is 15.3. The van der Waals surface area contributed by atoms with Crippen LogP contribution in [0.4, 0.5) is 0 Å². The molecule has 1 aliphatic carbocycles. The maximum absolute atomic E-state index is 12.3. The largest absolute Gasteiger partial charge is 0.294 e. The number of pyridine rings is 1. The quantitative estimate of drug-likeness (QED) is 0.320. The van der Waals surface area contributed by atoms with Gasteiger partial charge in [-0.2, -0.15) is 0 Å². The van der Waals surface area contributed by atoms with E-state index in [1.807, 2.05) is 30.6 Å². The molecule has 2 heterocycles. The highest BCUT2D eigenvalue weighted by Gasteiger charge is 2.20. The average molecular weight is 403 g/mol. The Balaban J connectivity index is 0.000000296. The van der Waals surface area contributed by atoms with Crippen molar-refractivity contribution in [3.63, 3.8) is 0 Å². The van der Waals surface area contributed by atoms with E-state index in [0.717, 1.165) is 24.0 Å². The normalized spacial score (nSPS) is 12.8. The minimum atomic E-state index is 0.279. The van der Waals surface area contributed by atoms with E-state index in [1.165, 1.54) is 32.7 Å². The lowest BCUT2D eigenvalue weighted by molar-refractivity contribution is 0.0973. The number of rotatable bonds is 1. The third-order valence-corrected chi connectivity index (χ3v) is 5.75. The van der Waals surface area contributed by atoms with Crippen LogP contribution in [0.5, 0.6) is 0 Å². The highest BCUT2D eigenvalue weighted by Crippen LogP contribution is 2.38. The fourth-order valence-corrected chi connectivity index (χ4v) is 4.35. The molecule has 4 nitrogen and oxygen atoms in total. The van der Waals surface area contributed by atoms with E-state index >= 15 is 0 Å². The predicted molar refractivity (Wildman–Crippen MR) is 124 cm³/mol. The highest BCUT2D eigenvalue weighted by atomic mass is 16.1. The van der Waals surface area contributed by atoms with Crippen LogP contribution in [0, 0.1) is 0 Å². The molecule has 31 heavy (non-hydrogen) atoms. The molecular formula is C27H21N3O. The number of aryl methyl sites for hydroxylation is 1. The Morgan fingerprint density at radius 3 is 1.94 bits per heavy atom. The van der Waals surface area contributed by atoms with Crippen LogP contribution in [0.15, 0.2) is 91.8 Å². The van der Waals surface area contributed by atoms with Crippen LogP contribution in [0.25, 0.3) is 32.7 Å². The van der Waals surface area contributed by atoms with Crippen LogP contribution in [0.2, 0.25) is 0 Å². The SMILES string of the molecule is O=C1CCCc2c1ccc1c2cc(-c2ccncc2)c2ccccc21.c1cnccn1. The first-order valence-corrected chi connectivity index (χ1v) is 10.4. The zero-order chi connectivity index (χ0) is 21.0. The van der Waals surface area contributed by atoms with Gasteiger partial charge in [-0.3, -0.25) is 19.7 Å². The molecule has 2 aromatic heterocycles. The van der Waals surface area contributed by atoms with Crippen molar-refractivity contribution in [2.75, 3.05) is 0 Å². The fraction of sp³-hybridized carbons (Fsp3) is 0.111. The molecular weight excluding hydrogens is 382 g/mol. The van der Waals surface area contributed by atoms with Crippen molar-refractivity contribution in [3.8, 4) is 11.1 Å². The molecule has 0 saturated heterocycles. The summed E-state index contributed by atoms with van der Waals surface area (Å²) in [6.07, 6.45) is 12.8. The lowest BCUT2D eigenvalue weighted by atomic mass is 9.84. The number of benzene rings is 3. The monoisotopic (exact) mass is 403 g/mol. The Labute approximate surface area is 180 Å². The van der Waals surface area contributed by atoms with Crippen molar-refractivity contribution >= 4 is 27.3 Å². The van der Waals surface area contributed by atoms with Gasteiger partial charge in [0.2, 0.25) is 0 Å². The van der Waals surface area contributed by atoms with Crippen molar-refractivity contribution in [1.29, 1.82) is 0 Å². The molecule has 1 aliphatic rings. The Morgan fingerprint density at radius 1 is 0.581 bits per heavy atom. The summed E-state index contributed by atoms with van der Waals surface area (Å²) in [5.74, 6) is 0.279. The summed E-state index contributed by atoms with van der Waals surface area (Å²) in [7, 11) is 0. The van der Waals surface area contributed by atoms with Gasteiger partial charge >= 0.3 is 0 Å². The van der Waals surface area contributed by atoms with Crippen molar-refractivity contribution in [2.45, 2.75) is 19.3 Å². The minimum absolute atomic E-state index is 0.279. The Morgan fingerprint density at radius 2 is 1.23 bits per heavy atom. The zero-order valence-corrected chi connectivity index (χ0v) is 17.0. The Hall–Kier alpha value is -3.92. The molecule has 0 bridgehead atoms. The van der Waals surface area contributed by atoms with Gasteiger partial charge in [-0.05, 0) is 69.3 Å². The zero-order valence-electron chi connectivity index (χ0n) is 17.0. The van der Waals surface area contributed by atoms with Gasteiger partial charge in [0.15, 0.2) is 5.78 Å².